The van der Waals surface area contributed by atoms with E-state index in [1.807, 2.05) is 56.8 Å². The van der Waals surface area contributed by atoms with E-state index in [0.29, 0.717) is 19.1 Å². The second kappa shape index (κ2) is 9.06. The van der Waals surface area contributed by atoms with Crippen LogP contribution in [-0.4, -0.2) is 54.9 Å². The topological polar surface area (TPSA) is 67.6 Å². The van der Waals surface area contributed by atoms with Crippen LogP contribution in [0, 0.1) is 6.08 Å². The fraction of sp³-hybridized carbons (Fsp3) is 0.520. The lowest BCUT2D eigenvalue weighted by atomic mass is 9.80. The van der Waals surface area contributed by atoms with Crippen molar-refractivity contribution in [3.8, 4) is 0 Å². The van der Waals surface area contributed by atoms with Crippen molar-refractivity contribution in [2.45, 2.75) is 71.3 Å². The van der Waals surface area contributed by atoms with Crippen LogP contribution in [-0.2, 0) is 25.5 Å². The molecule has 7 nitrogen and oxygen atoms in total. The van der Waals surface area contributed by atoms with Gasteiger partial charge >= 0.3 is 7.12 Å². The van der Waals surface area contributed by atoms with E-state index in [4.69, 9.17) is 28.9 Å². The van der Waals surface area contributed by atoms with Gasteiger partial charge in [0, 0.05) is 37.8 Å². The number of fused-ring (bicyclic) bond motifs is 1. The van der Waals surface area contributed by atoms with Crippen molar-refractivity contribution in [2.24, 2.45) is 0 Å². The summed E-state index contributed by atoms with van der Waals surface area (Å²) in [6.07, 6.45) is 10.5. The number of ether oxygens (including phenoxy) is 2. The number of methoxy groups -OCH3 is 1. The van der Waals surface area contributed by atoms with Crippen molar-refractivity contribution in [1.29, 1.82) is 0 Å². The maximum absolute atomic E-state index is 6.27. The number of aromatic nitrogens is 3. The molecule has 9 heteroatoms. The molecule has 0 saturated carbocycles. The second-order valence-corrected chi connectivity index (χ2v) is 16.7. The lowest BCUT2D eigenvalue weighted by Gasteiger charge is -2.32. The Morgan fingerprint density at radius 2 is 1.85 bits per heavy atom. The van der Waals surface area contributed by atoms with Crippen LogP contribution in [0.1, 0.15) is 33.4 Å². The molecule has 0 bridgehead atoms. The molecule has 1 fully saturated rings. The van der Waals surface area contributed by atoms with E-state index in [2.05, 4.69) is 31.8 Å². The normalized spacial score (nSPS) is 19.2. The lowest BCUT2D eigenvalue weighted by molar-refractivity contribution is 0.00578. The lowest BCUT2D eigenvalue weighted by Crippen LogP contribution is -2.41. The molecule has 0 atom stereocenters. The van der Waals surface area contributed by atoms with Crippen molar-refractivity contribution >= 4 is 37.3 Å². The highest BCUT2D eigenvalue weighted by molar-refractivity contribution is 6.76. The Balaban J connectivity index is 1.73. The van der Waals surface area contributed by atoms with E-state index >= 15 is 0 Å². The molecule has 0 spiro atoms. The molecule has 0 radical (unpaired) electrons. The summed E-state index contributed by atoms with van der Waals surface area (Å²) >= 11 is 0. The van der Waals surface area contributed by atoms with Crippen LogP contribution in [0.25, 0.3) is 16.6 Å². The highest BCUT2D eigenvalue weighted by atomic mass is 28.3. The van der Waals surface area contributed by atoms with Gasteiger partial charge in [0.1, 0.15) is 24.6 Å². The quantitative estimate of drug-likeness (QED) is 0.318. The van der Waals surface area contributed by atoms with Gasteiger partial charge in [-0.25, -0.2) is 9.67 Å². The maximum atomic E-state index is 6.27. The predicted molar refractivity (Wildman–Crippen MR) is 138 cm³/mol. The zero-order valence-corrected chi connectivity index (χ0v) is 22.6. The first-order chi connectivity index (χ1) is 15.9. The molecule has 0 N–H and O–H groups in total. The molecule has 1 aliphatic carbocycles. The Labute approximate surface area is 204 Å². The number of nitrogens with zero attached hydrogens (tertiary/aromatic N) is 3. The van der Waals surface area contributed by atoms with E-state index in [-0.39, 0.29) is 0 Å². The van der Waals surface area contributed by atoms with Crippen molar-refractivity contribution < 1.29 is 18.8 Å². The van der Waals surface area contributed by atoms with Crippen molar-refractivity contribution in [2.75, 3.05) is 13.7 Å². The van der Waals surface area contributed by atoms with Gasteiger partial charge in [-0.1, -0.05) is 19.6 Å². The number of hydrogen-bond donors (Lipinski definition) is 0. The number of rotatable bonds is 8. The van der Waals surface area contributed by atoms with Crippen LogP contribution in [0.15, 0.2) is 36.3 Å². The van der Waals surface area contributed by atoms with Gasteiger partial charge in [0.25, 0.3) is 0 Å². The summed E-state index contributed by atoms with van der Waals surface area (Å²) in [5, 5.41) is 5.79. The van der Waals surface area contributed by atoms with Gasteiger partial charge in [-0.3, -0.25) is 0 Å². The third kappa shape index (κ3) is 4.90. The monoisotopic (exact) mass is 480 g/mol. The molecule has 1 aliphatic heterocycles. The van der Waals surface area contributed by atoms with Gasteiger partial charge in [-0.05, 0) is 39.8 Å². The molecule has 2 aliphatic rings. The predicted octanol–water partition coefficient (Wildman–Crippen LogP) is 4.33. The third-order valence-corrected chi connectivity index (χ3v) is 8.35. The minimum Gasteiger partial charge on any atom is -0.436 e. The van der Waals surface area contributed by atoms with Crippen LogP contribution in [0.4, 0.5) is 0 Å². The van der Waals surface area contributed by atoms with Crippen LogP contribution in [0.3, 0.4) is 0 Å². The molecule has 0 aromatic carbocycles. The van der Waals surface area contributed by atoms with Crippen molar-refractivity contribution in [3.63, 3.8) is 0 Å². The first kappa shape index (κ1) is 24.8. The summed E-state index contributed by atoms with van der Waals surface area (Å²) in [4.78, 5) is 4.77. The van der Waals surface area contributed by atoms with Crippen molar-refractivity contribution in [3.05, 3.63) is 48.0 Å². The fourth-order valence-corrected chi connectivity index (χ4v) is 4.54. The SMILES string of the molecule is COC1=C(c2nn(COCC[Si](C)(C)C)c3ncc(B4OC(C)(C)C(C)(C)O4)cc23)C=C[C+]=C1. The highest BCUT2D eigenvalue weighted by Crippen LogP contribution is 2.37. The van der Waals surface area contributed by atoms with Crippen LogP contribution < -0.4 is 5.46 Å². The highest BCUT2D eigenvalue weighted by Gasteiger charge is 2.52. The zero-order valence-electron chi connectivity index (χ0n) is 21.6. The van der Waals surface area contributed by atoms with Gasteiger partial charge in [-0.15, -0.1) is 0 Å². The second-order valence-electron chi connectivity index (χ2n) is 11.1. The third-order valence-electron chi connectivity index (χ3n) is 6.64. The summed E-state index contributed by atoms with van der Waals surface area (Å²) in [5.41, 5.74) is 2.40. The van der Waals surface area contributed by atoms with Crippen LogP contribution >= 0.6 is 0 Å². The average Bonchev–Trinajstić information content (AvgIpc) is 3.23. The van der Waals surface area contributed by atoms with Gasteiger partial charge < -0.3 is 18.8 Å². The van der Waals surface area contributed by atoms with Crippen LogP contribution in [0.2, 0.25) is 25.7 Å². The van der Waals surface area contributed by atoms with Gasteiger partial charge in [0.05, 0.1) is 24.4 Å². The molecule has 2 aromatic rings. The smallest absolute Gasteiger partial charge is 0.436 e. The maximum Gasteiger partial charge on any atom is 0.496 e. The molecular formula is C25H35BN3O4Si+. The number of pyridine rings is 1. The van der Waals surface area contributed by atoms with Gasteiger partial charge in [0.2, 0.25) is 5.76 Å². The molecular weight excluding hydrogens is 445 g/mol. The Kier molecular flexibility index (Phi) is 6.61. The molecule has 34 heavy (non-hydrogen) atoms. The summed E-state index contributed by atoms with van der Waals surface area (Å²) in [6, 6.07) is 3.16. The Morgan fingerprint density at radius 3 is 2.50 bits per heavy atom. The summed E-state index contributed by atoms with van der Waals surface area (Å²) in [5.74, 6) is 0.703. The van der Waals surface area contributed by atoms with E-state index in [9.17, 15) is 0 Å². The largest absolute Gasteiger partial charge is 0.496 e. The first-order valence-electron chi connectivity index (χ1n) is 11.8. The molecule has 4 rings (SSSR count). The Hall–Kier alpha value is -2.29. The minimum atomic E-state index is -1.17. The van der Waals surface area contributed by atoms with Crippen LogP contribution in [0.5, 0.6) is 0 Å². The summed E-state index contributed by atoms with van der Waals surface area (Å²) in [7, 11) is -0.0238. The first-order valence-corrected chi connectivity index (χ1v) is 15.5. The molecule has 180 valence electrons. The van der Waals surface area contributed by atoms with Gasteiger partial charge in [-0.2, -0.15) is 5.10 Å². The molecule has 0 unspecified atom stereocenters. The molecule has 0 amide bonds. The average molecular weight is 480 g/mol. The van der Waals surface area contributed by atoms with E-state index in [1.165, 1.54) is 0 Å². The Bertz CT molecular complexity index is 1140. The standard InChI is InChI=1S/C25H35BN3O4Si/c1-24(2)25(3,4)33-26(32-24)18-15-20-22(19-11-9-10-12-21(19)30-5)28-29(23(20)27-16-18)17-31-13-14-34(6,7)8/h9,11-12,15-16H,13-14,17H2,1-8H3/q+1. The fourth-order valence-electron chi connectivity index (χ4n) is 3.78. The summed E-state index contributed by atoms with van der Waals surface area (Å²) < 4.78 is 26.0. The van der Waals surface area contributed by atoms with Crippen molar-refractivity contribution in [1.82, 2.24) is 14.8 Å². The van der Waals surface area contributed by atoms with Gasteiger partial charge in [0.15, 0.2) is 11.2 Å². The molecule has 2 aromatic heterocycles. The van der Waals surface area contributed by atoms with E-state index in [1.54, 1.807) is 7.11 Å². The molecule has 3 heterocycles. The van der Waals surface area contributed by atoms with E-state index in [0.717, 1.165) is 33.8 Å². The zero-order chi connectivity index (χ0) is 24.7. The number of hydrogen-bond acceptors (Lipinski definition) is 6. The molecule has 1 saturated heterocycles. The van der Waals surface area contributed by atoms with E-state index < -0.39 is 26.4 Å². The minimum absolute atomic E-state index is 0.338. The number of allylic oxidation sites excluding steroid dienone is 5. The Morgan fingerprint density at radius 1 is 1.15 bits per heavy atom. The summed E-state index contributed by atoms with van der Waals surface area (Å²) in [6.45, 7) is 16.3.